The number of aliphatic imine (C=N–C) groups is 2. The second-order valence-electron chi connectivity index (χ2n) is 3.66. The standard InChI is InChI=1S/C11H18N2/c1-7-12-11(9(4)5)13-10(6)8(2)3/h1,8-9H,2-6H3. The zero-order valence-electron chi connectivity index (χ0n) is 9.13. The average Bonchev–Trinajstić information content (AvgIpc) is 2.03. The molecule has 0 heterocycles. The molecule has 0 aliphatic carbocycles. The highest BCUT2D eigenvalue weighted by Crippen LogP contribution is 2.03. The molecule has 0 radical (unpaired) electrons. The summed E-state index contributed by atoms with van der Waals surface area (Å²) in [6.07, 6.45) is 5.11. The number of rotatable bonds is 2. The lowest BCUT2D eigenvalue weighted by Gasteiger charge is -2.07. The quantitative estimate of drug-likeness (QED) is 0.353. The Morgan fingerprint density at radius 3 is 2.00 bits per heavy atom. The van der Waals surface area contributed by atoms with Gasteiger partial charge in [0.05, 0.1) is 0 Å². The fourth-order valence-corrected chi connectivity index (χ4v) is 0.659. The molecule has 0 aromatic rings. The minimum Gasteiger partial charge on any atom is -0.241 e. The zero-order chi connectivity index (χ0) is 10.4. The van der Waals surface area contributed by atoms with Gasteiger partial charge in [0.15, 0.2) is 0 Å². The van der Waals surface area contributed by atoms with Crippen LogP contribution < -0.4 is 0 Å². The molecule has 2 heteroatoms. The molecule has 0 aromatic carbocycles. The summed E-state index contributed by atoms with van der Waals surface area (Å²) in [5, 5.41) is 0. The van der Waals surface area contributed by atoms with E-state index in [0.717, 1.165) is 11.5 Å². The molecule has 0 aliphatic heterocycles. The molecule has 2 nitrogen and oxygen atoms in total. The summed E-state index contributed by atoms with van der Waals surface area (Å²) in [7, 11) is 0. The van der Waals surface area contributed by atoms with Gasteiger partial charge in [-0.05, 0) is 12.8 Å². The van der Waals surface area contributed by atoms with Gasteiger partial charge < -0.3 is 0 Å². The third-order valence-corrected chi connectivity index (χ3v) is 1.82. The van der Waals surface area contributed by atoms with Gasteiger partial charge >= 0.3 is 0 Å². The van der Waals surface area contributed by atoms with Gasteiger partial charge in [0, 0.05) is 17.7 Å². The SMILES string of the molecule is C#CN=C(N=C(C)C(C)C)C(C)C. The van der Waals surface area contributed by atoms with Crippen molar-refractivity contribution in [2.45, 2.75) is 34.6 Å². The lowest BCUT2D eigenvalue weighted by molar-refractivity contribution is 0.854. The van der Waals surface area contributed by atoms with Crippen LogP contribution in [0, 0.1) is 24.3 Å². The Hall–Kier alpha value is -1.10. The average molecular weight is 178 g/mol. The van der Waals surface area contributed by atoms with Crippen molar-refractivity contribution in [3.63, 3.8) is 0 Å². The number of hydrogen-bond donors (Lipinski definition) is 0. The highest BCUT2D eigenvalue weighted by Gasteiger charge is 2.05. The lowest BCUT2D eigenvalue weighted by atomic mass is 10.1. The minimum absolute atomic E-state index is 0.282. The Balaban J connectivity index is 4.73. The predicted octanol–water partition coefficient (Wildman–Crippen LogP) is 2.75. The van der Waals surface area contributed by atoms with Gasteiger partial charge in [0.2, 0.25) is 0 Å². The molecule has 0 bridgehead atoms. The lowest BCUT2D eigenvalue weighted by Crippen LogP contribution is -2.10. The van der Waals surface area contributed by atoms with Gasteiger partial charge in [0.25, 0.3) is 0 Å². The molecule has 0 fully saturated rings. The van der Waals surface area contributed by atoms with Gasteiger partial charge in [-0.15, -0.1) is 0 Å². The molecule has 0 spiro atoms. The summed E-state index contributed by atoms with van der Waals surface area (Å²) in [5.74, 6) is 1.47. The van der Waals surface area contributed by atoms with Crippen molar-refractivity contribution in [3.05, 3.63) is 0 Å². The molecular weight excluding hydrogens is 160 g/mol. The Morgan fingerprint density at radius 1 is 1.15 bits per heavy atom. The van der Waals surface area contributed by atoms with Gasteiger partial charge in [-0.25, -0.2) is 4.99 Å². The summed E-state index contributed by atoms with van der Waals surface area (Å²) in [6, 6.07) is 2.27. The molecule has 0 unspecified atom stereocenters. The molecule has 0 aromatic heterocycles. The Kier molecular flexibility index (Phi) is 5.06. The first-order chi connectivity index (χ1) is 5.99. The van der Waals surface area contributed by atoms with Gasteiger partial charge in [0.1, 0.15) is 5.84 Å². The molecule has 0 atom stereocenters. The van der Waals surface area contributed by atoms with Crippen molar-refractivity contribution in [1.29, 1.82) is 0 Å². The van der Waals surface area contributed by atoms with Gasteiger partial charge in [-0.1, -0.05) is 34.1 Å². The molecule has 0 amide bonds. The Bertz CT molecular complexity index is 252. The van der Waals surface area contributed by atoms with E-state index in [2.05, 4.69) is 29.9 Å². The van der Waals surface area contributed by atoms with E-state index in [9.17, 15) is 0 Å². The maximum Gasteiger partial charge on any atom is 0.141 e. The molecule has 72 valence electrons. The Morgan fingerprint density at radius 2 is 1.69 bits per heavy atom. The van der Waals surface area contributed by atoms with E-state index in [1.165, 1.54) is 0 Å². The topological polar surface area (TPSA) is 24.7 Å². The maximum absolute atomic E-state index is 5.11. The van der Waals surface area contributed by atoms with Gasteiger partial charge in [-0.2, -0.15) is 4.99 Å². The second kappa shape index (κ2) is 5.53. The zero-order valence-corrected chi connectivity index (χ0v) is 9.13. The Labute approximate surface area is 81.2 Å². The van der Waals surface area contributed by atoms with Crippen molar-refractivity contribution in [1.82, 2.24) is 0 Å². The number of amidine groups is 1. The first-order valence-electron chi connectivity index (χ1n) is 4.57. The van der Waals surface area contributed by atoms with Crippen LogP contribution in [0.2, 0.25) is 0 Å². The van der Waals surface area contributed by atoms with Crippen molar-refractivity contribution in [2.24, 2.45) is 21.8 Å². The smallest absolute Gasteiger partial charge is 0.141 e. The summed E-state index contributed by atoms with van der Waals surface area (Å²) in [5.41, 5.74) is 1.07. The van der Waals surface area contributed by atoms with Crippen LogP contribution in [0.1, 0.15) is 34.6 Å². The van der Waals surface area contributed by atoms with Gasteiger partial charge in [-0.3, -0.25) is 0 Å². The van der Waals surface area contributed by atoms with Crippen LogP contribution in [-0.4, -0.2) is 11.5 Å². The van der Waals surface area contributed by atoms with Crippen molar-refractivity contribution >= 4 is 11.5 Å². The van der Waals surface area contributed by atoms with Crippen LogP contribution in [-0.2, 0) is 0 Å². The van der Waals surface area contributed by atoms with Crippen LogP contribution in [0.5, 0.6) is 0 Å². The van der Waals surface area contributed by atoms with Crippen molar-refractivity contribution < 1.29 is 0 Å². The first kappa shape index (κ1) is 11.9. The summed E-state index contributed by atoms with van der Waals surface area (Å²) in [4.78, 5) is 8.29. The monoisotopic (exact) mass is 178 g/mol. The van der Waals surface area contributed by atoms with Crippen LogP contribution in [0.3, 0.4) is 0 Å². The molecular formula is C11H18N2. The van der Waals surface area contributed by atoms with E-state index in [-0.39, 0.29) is 5.92 Å². The van der Waals surface area contributed by atoms with Crippen LogP contribution in [0.25, 0.3) is 0 Å². The van der Waals surface area contributed by atoms with E-state index in [0.29, 0.717) is 5.92 Å². The molecule has 0 saturated heterocycles. The molecule has 0 rings (SSSR count). The molecule has 13 heavy (non-hydrogen) atoms. The summed E-state index contributed by atoms with van der Waals surface area (Å²) in [6.45, 7) is 10.3. The van der Waals surface area contributed by atoms with E-state index in [1.54, 1.807) is 0 Å². The van der Waals surface area contributed by atoms with E-state index in [4.69, 9.17) is 6.42 Å². The number of hydrogen-bond acceptors (Lipinski definition) is 1. The molecule has 0 saturated carbocycles. The number of nitrogens with zero attached hydrogens (tertiary/aromatic N) is 2. The normalized spacial score (nSPS) is 13.7. The predicted molar refractivity (Wildman–Crippen MR) is 59.1 cm³/mol. The second-order valence-corrected chi connectivity index (χ2v) is 3.66. The van der Waals surface area contributed by atoms with E-state index >= 15 is 0 Å². The maximum atomic E-state index is 5.11. The third-order valence-electron chi connectivity index (χ3n) is 1.82. The van der Waals surface area contributed by atoms with Crippen molar-refractivity contribution in [2.75, 3.05) is 0 Å². The fourth-order valence-electron chi connectivity index (χ4n) is 0.659. The summed E-state index contributed by atoms with van der Waals surface area (Å²) >= 11 is 0. The van der Waals surface area contributed by atoms with E-state index < -0.39 is 0 Å². The van der Waals surface area contributed by atoms with Crippen molar-refractivity contribution in [3.8, 4) is 12.5 Å². The summed E-state index contributed by atoms with van der Waals surface area (Å²) < 4.78 is 0. The highest BCUT2D eigenvalue weighted by atomic mass is 14.9. The highest BCUT2D eigenvalue weighted by molar-refractivity contribution is 5.98. The van der Waals surface area contributed by atoms with Crippen LogP contribution in [0.4, 0.5) is 0 Å². The molecule has 0 aliphatic rings. The minimum atomic E-state index is 0.282. The first-order valence-corrected chi connectivity index (χ1v) is 4.57. The molecule has 0 N–H and O–H groups in total. The largest absolute Gasteiger partial charge is 0.241 e. The number of terminal acetylenes is 1. The van der Waals surface area contributed by atoms with E-state index in [1.807, 2.05) is 20.8 Å². The third kappa shape index (κ3) is 4.47. The van der Waals surface area contributed by atoms with Crippen LogP contribution >= 0.6 is 0 Å². The van der Waals surface area contributed by atoms with Crippen LogP contribution in [0.15, 0.2) is 9.98 Å². The fraction of sp³-hybridized carbons (Fsp3) is 0.636.